The third-order valence-electron chi connectivity index (χ3n) is 5.32. The molecule has 2 aliphatic heterocycles. The van der Waals surface area contributed by atoms with Gasteiger partial charge in [-0.2, -0.15) is 0 Å². The fourth-order valence-electron chi connectivity index (χ4n) is 3.95. The second-order valence-corrected chi connectivity index (χ2v) is 8.78. The number of hydrogen-bond acceptors (Lipinski definition) is 2. The van der Waals surface area contributed by atoms with Crippen LogP contribution >= 0.6 is 11.8 Å². The van der Waals surface area contributed by atoms with Crippen molar-refractivity contribution in [3.05, 3.63) is 51.6 Å². The monoisotopic (exact) mass is 338 g/mol. The van der Waals surface area contributed by atoms with Crippen molar-refractivity contribution in [3.63, 3.8) is 0 Å². The summed E-state index contributed by atoms with van der Waals surface area (Å²) in [5, 5.41) is 2.05. The van der Waals surface area contributed by atoms with E-state index < -0.39 is 0 Å². The predicted molar refractivity (Wildman–Crippen MR) is 106 cm³/mol. The van der Waals surface area contributed by atoms with Crippen LogP contribution in [0.15, 0.2) is 34.8 Å². The van der Waals surface area contributed by atoms with Crippen molar-refractivity contribution in [1.82, 2.24) is 9.47 Å². The maximum Gasteiger partial charge on any atom is 0.0528 e. The summed E-state index contributed by atoms with van der Waals surface area (Å²) in [4.78, 5) is 3.90. The second-order valence-electron chi connectivity index (χ2n) is 7.33. The van der Waals surface area contributed by atoms with Crippen molar-refractivity contribution in [2.75, 3.05) is 13.6 Å². The van der Waals surface area contributed by atoms with E-state index in [9.17, 15) is 0 Å². The summed E-state index contributed by atoms with van der Waals surface area (Å²) in [5.41, 5.74) is 7.24. The molecule has 126 valence electrons. The molecule has 3 heteroatoms. The summed E-state index contributed by atoms with van der Waals surface area (Å²) in [6, 6.07) is 6.91. The third-order valence-corrected chi connectivity index (χ3v) is 6.71. The molecule has 0 fully saturated rings. The second kappa shape index (κ2) is 6.12. The van der Waals surface area contributed by atoms with Crippen LogP contribution in [0.3, 0.4) is 0 Å². The molecule has 0 saturated carbocycles. The number of aromatic nitrogens is 1. The number of rotatable bonds is 2. The van der Waals surface area contributed by atoms with Crippen LogP contribution in [-0.4, -0.2) is 28.3 Å². The number of likely N-dealkylation sites (N-methyl/N-ethyl adjacent to an activating group) is 1. The topological polar surface area (TPSA) is 8.17 Å². The highest BCUT2D eigenvalue weighted by atomic mass is 32.2. The maximum atomic E-state index is 2.49. The molecular weight excluding hydrogens is 312 g/mol. The molecule has 0 bridgehead atoms. The number of benzene rings is 1. The van der Waals surface area contributed by atoms with Crippen molar-refractivity contribution >= 4 is 28.9 Å². The van der Waals surface area contributed by atoms with E-state index in [1.807, 2.05) is 11.8 Å². The Balaban J connectivity index is 1.83. The summed E-state index contributed by atoms with van der Waals surface area (Å²) in [7, 11) is 2.23. The number of allylic oxidation sites excluding steroid dienone is 2. The van der Waals surface area contributed by atoms with Gasteiger partial charge in [0.05, 0.1) is 5.52 Å². The zero-order valence-corrected chi connectivity index (χ0v) is 15.9. The van der Waals surface area contributed by atoms with Crippen molar-refractivity contribution in [3.8, 4) is 0 Å². The Labute approximate surface area is 149 Å². The maximum absolute atomic E-state index is 2.49. The number of nitrogens with zero attached hydrogens (tertiary/aromatic N) is 2. The summed E-state index contributed by atoms with van der Waals surface area (Å²) < 4.78 is 2.49. The first-order chi connectivity index (χ1) is 11.5. The number of hydrogen-bond donors (Lipinski definition) is 0. The van der Waals surface area contributed by atoms with Gasteiger partial charge in [0.25, 0.3) is 0 Å². The van der Waals surface area contributed by atoms with E-state index in [-0.39, 0.29) is 0 Å². The van der Waals surface area contributed by atoms with Gasteiger partial charge in [0.1, 0.15) is 0 Å². The first-order valence-electron chi connectivity index (χ1n) is 8.85. The molecule has 1 unspecified atom stereocenters. The first-order valence-corrected chi connectivity index (χ1v) is 9.73. The quantitative estimate of drug-likeness (QED) is 0.743. The van der Waals surface area contributed by atoms with E-state index in [0.29, 0.717) is 5.25 Å². The van der Waals surface area contributed by atoms with Crippen LogP contribution < -0.4 is 0 Å². The summed E-state index contributed by atoms with van der Waals surface area (Å²) >= 11 is 2.01. The van der Waals surface area contributed by atoms with E-state index in [2.05, 4.69) is 67.8 Å². The molecule has 2 nitrogen and oxygen atoms in total. The van der Waals surface area contributed by atoms with Crippen molar-refractivity contribution in [1.29, 1.82) is 0 Å². The Hall–Kier alpha value is -1.45. The van der Waals surface area contributed by atoms with Gasteiger partial charge >= 0.3 is 0 Å². The van der Waals surface area contributed by atoms with Crippen LogP contribution in [0, 0.1) is 6.92 Å². The number of thioether (sulfide) groups is 1. The fraction of sp³-hybridized carbons (Fsp3) is 0.429. The van der Waals surface area contributed by atoms with Gasteiger partial charge in [-0.3, -0.25) is 0 Å². The van der Waals surface area contributed by atoms with E-state index >= 15 is 0 Å². The predicted octanol–water partition coefficient (Wildman–Crippen LogP) is 5.21. The minimum absolute atomic E-state index is 0.606. The van der Waals surface area contributed by atoms with E-state index in [1.54, 1.807) is 0 Å². The lowest BCUT2D eigenvalue weighted by Gasteiger charge is -2.24. The molecule has 0 N–H and O–H groups in total. The lowest BCUT2D eigenvalue weighted by atomic mass is 10.0. The highest BCUT2D eigenvalue weighted by Gasteiger charge is 2.23. The van der Waals surface area contributed by atoms with Crippen LogP contribution in [-0.2, 0) is 13.0 Å². The number of aryl methyl sites for hydroxylation is 1. The molecule has 1 aromatic heterocycles. The SMILES string of the molecule is CC1=CCC(/C(C)=C\n2c3c(c4cc(C)ccc42)CN(C)CC3)S1. The smallest absolute Gasteiger partial charge is 0.0528 e. The standard InChI is InChI=1S/C21H26N2S/c1-14-5-7-19-17(11-14)18-13-22(4)10-9-20(18)23(19)12-15(2)21-8-6-16(3)24-21/h5-7,11-12,21H,8-10,13H2,1-4H3/b15-12-. The number of fused-ring (bicyclic) bond motifs is 3. The normalized spacial score (nSPS) is 22.1. The molecule has 0 aliphatic carbocycles. The average Bonchev–Trinajstić information content (AvgIpc) is 3.10. The van der Waals surface area contributed by atoms with Gasteiger partial charge < -0.3 is 9.47 Å². The Morgan fingerprint density at radius 3 is 2.88 bits per heavy atom. The van der Waals surface area contributed by atoms with Crippen LogP contribution in [0.2, 0.25) is 0 Å². The van der Waals surface area contributed by atoms with E-state index in [1.165, 1.54) is 44.6 Å². The molecule has 0 saturated heterocycles. The summed E-state index contributed by atoms with van der Waals surface area (Å²) in [6.07, 6.45) is 7.08. The molecule has 1 aromatic carbocycles. The molecule has 0 spiro atoms. The van der Waals surface area contributed by atoms with E-state index in [0.717, 1.165) is 19.5 Å². The largest absolute Gasteiger partial charge is 0.320 e. The van der Waals surface area contributed by atoms with Gasteiger partial charge in [0.2, 0.25) is 0 Å². The van der Waals surface area contributed by atoms with Crippen LogP contribution in [0.5, 0.6) is 0 Å². The molecule has 4 rings (SSSR count). The average molecular weight is 339 g/mol. The molecule has 24 heavy (non-hydrogen) atoms. The minimum atomic E-state index is 0.606. The third kappa shape index (κ3) is 2.74. The van der Waals surface area contributed by atoms with Crippen molar-refractivity contribution in [2.24, 2.45) is 0 Å². The first kappa shape index (κ1) is 16.0. The molecular formula is C21H26N2S. The molecule has 0 amide bonds. The molecule has 2 aromatic rings. The molecule has 3 heterocycles. The van der Waals surface area contributed by atoms with Crippen molar-refractivity contribution in [2.45, 2.75) is 45.4 Å². The Bertz CT molecular complexity index is 856. The van der Waals surface area contributed by atoms with Crippen LogP contribution in [0.4, 0.5) is 0 Å². The molecule has 2 aliphatic rings. The summed E-state index contributed by atoms with van der Waals surface area (Å²) in [6.45, 7) is 8.93. The van der Waals surface area contributed by atoms with Gasteiger partial charge in [-0.15, -0.1) is 11.8 Å². The Kier molecular flexibility index (Phi) is 4.09. The van der Waals surface area contributed by atoms with Crippen molar-refractivity contribution < 1.29 is 0 Å². The fourth-order valence-corrected chi connectivity index (χ4v) is 5.03. The molecule has 1 atom stereocenters. The summed E-state index contributed by atoms with van der Waals surface area (Å²) in [5.74, 6) is 0. The highest BCUT2D eigenvalue weighted by molar-refractivity contribution is 8.04. The molecule has 0 radical (unpaired) electrons. The Morgan fingerprint density at radius 2 is 2.12 bits per heavy atom. The minimum Gasteiger partial charge on any atom is -0.320 e. The van der Waals surface area contributed by atoms with Crippen LogP contribution in [0.1, 0.15) is 37.1 Å². The van der Waals surface area contributed by atoms with Gasteiger partial charge in [-0.05, 0) is 62.4 Å². The highest BCUT2D eigenvalue weighted by Crippen LogP contribution is 2.37. The van der Waals surface area contributed by atoms with Gasteiger partial charge in [0.15, 0.2) is 0 Å². The van der Waals surface area contributed by atoms with Gasteiger partial charge in [-0.25, -0.2) is 0 Å². The van der Waals surface area contributed by atoms with Crippen LogP contribution in [0.25, 0.3) is 17.1 Å². The lowest BCUT2D eigenvalue weighted by molar-refractivity contribution is 0.312. The Morgan fingerprint density at radius 1 is 1.29 bits per heavy atom. The van der Waals surface area contributed by atoms with E-state index in [4.69, 9.17) is 0 Å². The lowest BCUT2D eigenvalue weighted by Crippen LogP contribution is -2.26. The zero-order valence-electron chi connectivity index (χ0n) is 15.1. The van der Waals surface area contributed by atoms with Gasteiger partial charge in [-0.1, -0.05) is 17.7 Å². The zero-order chi connectivity index (χ0) is 16.8. The van der Waals surface area contributed by atoms with Gasteiger partial charge in [0, 0.05) is 42.0 Å².